The highest BCUT2D eigenvalue weighted by Gasteiger charge is 2.11. The SMILES string of the molecule is O=C(/C=C/c1cccc(F)c1)c1ccc(N2CCCCC2)cc1. The van der Waals surface area contributed by atoms with Crippen molar-refractivity contribution in [2.45, 2.75) is 19.3 Å². The first-order valence-corrected chi connectivity index (χ1v) is 8.05. The molecule has 1 aliphatic heterocycles. The molecule has 3 rings (SSSR count). The third-order valence-corrected chi connectivity index (χ3v) is 4.15. The number of carbonyl (C=O) groups excluding carboxylic acids is 1. The second kappa shape index (κ2) is 7.23. The molecule has 2 aromatic rings. The molecule has 0 radical (unpaired) electrons. The van der Waals surface area contributed by atoms with Gasteiger partial charge in [-0.05, 0) is 67.3 Å². The molecule has 1 aliphatic rings. The van der Waals surface area contributed by atoms with Crippen LogP contribution in [-0.4, -0.2) is 18.9 Å². The minimum Gasteiger partial charge on any atom is -0.372 e. The highest BCUT2D eigenvalue weighted by molar-refractivity contribution is 6.06. The maximum atomic E-state index is 13.1. The van der Waals surface area contributed by atoms with Crippen molar-refractivity contribution >= 4 is 17.5 Å². The molecule has 3 heteroatoms. The second-order valence-corrected chi connectivity index (χ2v) is 5.85. The zero-order valence-corrected chi connectivity index (χ0v) is 13.0. The number of hydrogen-bond acceptors (Lipinski definition) is 2. The fraction of sp³-hybridized carbons (Fsp3) is 0.250. The molecule has 0 atom stereocenters. The van der Waals surface area contributed by atoms with Gasteiger partial charge in [0.2, 0.25) is 0 Å². The number of nitrogens with zero attached hydrogens (tertiary/aromatic N) is 1. The van der Waals surface area contributed by atoms with Gasteiger partial charge >= 0.3 is 0 Å². The molecule has 0 saturated carbocycles. The molecule has 0 N–H and O–H groups in total. The quantitative estimate of drug-likeness (QED) is 0.602. The van der Waals surface area contributed by atoms with Crippen molar-refractivity contribution < 1.29 is 9.18 Å². The Labute approximate surface area is 136 Å². The lowest BCUT2D eigenvalue weighted by atomic mass is 10.1. The van der Waals surface area contributed by atoms with Gasteiger partial charge in [0.05, 0.1) is 0 Å². The van der Waals surface area contributed by atoms with Crippen molar-refractivity contribution in [3.8, 4) is 0 Å². The van der Waals surface area contributed by atoms with Crippen LogP contribution in [0.5, 0.6) is 0 Å². The van der Waals surface area contributed by atoms with Crippen LogP contribution in [0.25, 0.3) is 6.08 Å². The fourth-order valence-electron chi connectivity index (χ4n) is 2.87. The Kier molecular flexibility index (Phi) is 4.86. The van der Waals surface area contributed by atoms with E-state index in [2.05, 4.69) is 4.90 Å². The van der Waals surface area contributed by atoms with Gasteiger partial charge in [-0.1, -0.05) is 18.2 Å². The molecule has 2 aromatic carbocycles. The average molecular weight is 309 g/mol. The standard InChI is InChI=1S/C20H20FNO/c21-18-6-4-5-16(15-18)7-12-20(23)17-8-10-19(11-9-17)22-13-2-1-3-14-22/h4-12,15H,1-3,13-14H2/b12-7+. The largest absolute Gasteiger partial charge is 0.372 e. The van der Waals surface area contributed by atoms with Gasteiger partial charge in [0.25, 0.3) is 0 Å². The number of ketones is 1. The normalized spacial score (nSPS) is 15.1. The Morgan fingerprint density at radius 3 is 2.43 bits per heavy atom. The number of piperidine rings is 1. The topological polar surface area (TPSA) is 20.3 Å². The summed E-state index contributed by atoms with van der Waals surface area (Å²) in [7, 11) is 0. The molecule has 0 aliphatic carbocycles. The first-order valence-electron chi connectivity index (χ1n) is 8.05. The lowest BCUT2D eigenvalue weighted by molar-refractivity contribution is 0.104. The van der Waals surface area contributed by atoms with Crippen molar-refractivity contribution in [2.24, 2.45) is 0 Å². The number of anilines is 1. The average Bonchev–Trinajstić information content (AvgIpc) is 2.61. The molecule has 0 aromatic heterocycles. The molecule has 2 nitrogen and oxygen atoms in total. The van der Waals surface area contributed by atoms with Crippen LogP contribution in [0.3, 0.4) is 0 Å². The van der Waals surface area contributed by atoms with E-state index < -0.39 is 0 Å². The smallest absolute Gasteiger partial charge is 0.185 e. The molecule has 1 saturated heterocycles. The summed E-state index contributed by atoms with van der Waals surface area (Å²) in [5.41, 5.74) is 2.51. The van der Waals surface area contributed by atoms with E-state index in [1.165, 1.54) is 43.2 Å². The van der Waals surface area contributed by atoms with Gasteiger partial charge in [-0.3, -0.25) is 4.79 Å². The van der Waals surface area contributed by atoms with E-state index >= 15 is 0 Å². The molecular formula is C20H20FNO. The Morgan fingerprint density at radius 1 is 1.00 bits per heavy atom. The molecule has 118 valence electrons. The van der Waals surface area contributed by atoms with Crippen LogP contribution in [0.1, 0.15) is 35.2 Å². The van der Waals surface area contributed by atoms with Crippen LogP contribution in [0, 0.1) is 5.82 Å². The number of benzene rings is 2. The van der Waals surface area contributed by atoms with Gasteiger partial charge < -0.3 is 4.90 Å². The van der Waals surface area contributed by atoms with Gasteiger partial charge in [0, 0.05) is 24.3 Å². The third kappa shape index (κ3) is 4.07. The first kappa shape index (κ1) is 15.5. The zero-order valence-electron chi connectivity index (χ0n) is 13.0. The van der Waals surface area contributed by atoms with E-state index in [9.17, 15) is 9.18 Å². The van der Waals surface area contributed by atoms with Gasteiger partial charge in [-0.15, -0.1) is 0 Å². The maximum Gasteiger partial charge on any atom is 0.185 e. The predicted molar refractivity (Wildman–Crippen MR) is 92.3 cm³/mol. The summed E-state index contributed by atoms with van der Waals surface area (Å²) >= 11 is 0. The number of carbonyl (C=O) groups is 1. The van der Waals surface area contributed by atoms with E-state index in [0.717, 1.165) is 13.1 Å². The Bertz CT molecular complexity index is 700. The Morgan fingerprint density at radius 2 is 1.74 bits per heavy atom. The molecule has 0 spiro atoms. The maximum absolute atomic E-state index is 13.1. The summed E-state index contributed by atoms with van der Waals surface area (Å²) in [4.78, 5) is 14.6. The Hall–Kier alpha value is -2.42. The van der Waals surface area contributed by atoms with Crippen LogP contribution in [0.15, 0.2) is 54.6 Å². The summed E-state index contributed by atoms with van der Waals surface area (Å²) in [6.45, 7) is 2.18. The van der Waals surface area contributed by atoms with Gasteiger partial charge in [0.1, 0.15) is 5.82 Å². The molecule has 0 amide bonds. The number of halogens is 1. The fourth-order valence-corrected chi connectivity index (χ4v) is 2.87. The summed E-state index contributed by atoms with van der Waals surface area (Å²) in [6, 6.07) is 13.9. The second-order valence-electron chi connectivity index (χ2n) is 5.85. The minimum atomic E-state index is -0.300. The van der Waals surface area contributed by atoms with E-state index in [-0.39, 0.29) is 11.6 Å². The van der Waals surface area contributed by atoms with Crippen molar-refractivity contribution in [3.05, 3.63) is 71.6 Å². The molecule has 1 fully saturated rings. The predicted octanol–water partition coefficient (Wildman–Crippen LogP) is 4.71. The number of allylic oxidation sites excluding steroid dienone is 1. The lowest BCUT2D eigenvalue weighted by Crippen LogP contribution is -2.29. The van der Waals surface area contributed by atoms with Gasteiger partial charge in [0.15, 0.2) is 5.78 Å². The highest BCUT2D eigenvalue weighted by Crippen LogP contribution is 2.20. The monoisotopic (exact) mass is 309 g/mol. The summed E-state index contributed by atoms with van der Waals surface area (Å²) in [6.07, 6.45) is 6.90. The molecular weight excluding hydrogens is 289 g/mol. The van der Waals surface area contributed by atoms with Gasteiger partial charge in [-0.2, -0.15) is 0 Å². The van der Waals surface area contributed by atoms with E-state index in [0.29, 0.717) is 11.1 Å². The van der Waals surface area contributed by atoms with Crippen LogP contribution in [-0.2, 0) is 0 Å². The van der Waals surface area contributed by atoms with Crippen molar-refractivity contribution in [1.29, 1.82) is 0 Å². The molecule has 1 heterocycles. The summed E-state index contributed by atoms with van der Waals surface area (Å²) in [5.74, 6) is -0.370. The van der Waals surface area contributed by atoms with Crippen LogP contribution in [0.2, 0.25) is 0 Å². The third-order valence-electron chi connectivity index (χ3n) is 4.15. The van der Waals surface area contributed by atoms with Crippen molar-refractivity contribution in [1.82, 2.24) is 0 Å². The van der Waals surface area contributed by atoms with Crippen molar-refractivity contribution in [2.75, 3.05) is 18.0 Å². The molecule has 23 heavy (non-hydrogen) atoms. The van der Waals surface area contributed by atoms with Crippen LogP contribution >= 0.6 is 0 Å². The Balaban J connectivity index is 1.67. The summed E-state index contributed by atoms with van der Waals surface area (Å²) < 4.78 is 13.1. The number of hydrogen-bond donors (Lipinski definition) is 0. The summed E-state index contributed by atoms with van der Waals surface area (Å²) in [5, 5.41) is 0. The lowest BCUT2D eigenvalue weighted by Gasteiger charge is -2.28. The van der Waals surface area contributed by atoms with Crippen LogP contribution in [0.4, 0.5) is 10.1 Å². The van der Waals surface area contributed by atoms with E-state index in [1.807, 2.05) is 24.3 Å². The molecule has 0 unspecified atom stereocenters. The van der Waals surface area contributed by atoms with Crippen molar-refractivity contribution in [3.63, 3.8) is 0 Å². The van der Waals surface area contributed by atoms with E-state index in [1.54, 1.807) is 18.2 Å². The highest BCUT2D eigenvalue weighted by atomic mass is 19.1. The van der Waals surface area contributed by atoms with Crippen LogP contribution < -0.4 is 4.90 Å². The van der Waals surface area contributed by atoms with Gasteiger partial charge in [-0.25, -0.2) is 4.39 Å². The minimum absolute atomic E-state index is 0.0699. The molecule has 0 bridgehead atoms. The zero-order chi connectivity index (χ0) is 16.1. The number of rotatable bonds is 4. The van der Waals surface area contributed by atoms with E-state index in [4.69, 9.17) is 0 Å². The first-order chi connectivity index (χ1) is 11.2.